The lowest BCUT2D eigenvalue weighted by Crippen LogP contribution is -2.23. The summed E-state index contributed by atoms with van der Waals surface area (Å²) in [5.41, 5.74) is 7.88. The Morgan fingerprint density at radius 1 is 1.07 bits per heavy atom. The number of allylic oxidation sites excluding steroid dienone is 5. The molecule has 0 atom stereocenters. The molecule has 3 aromatic rings. The maximum absolute atomic E-state index is 4.71. The van der Waals surface area contributed by atoms with Crippen molar-refractivity contribution in [3.8, 4) is 11.1 Å². The summed E-state index contributed by atoms with van der Waals surface area (Å²) in [4.78, 5) is 16.1. The second-order valence-corrected chi connectivity index (χ2v) is 7.16. The lowest BCUT2D eigenvalue weighted by atomic mass is 9.90. The molecule has 0 aliphatic carbocycles. The summed E-state index contributed by atoms with van der Waals surface area (Å²) in [5.74, 6) is 0.919. The van der Waals surface area contributed by atoms with E-state index < -0.39 is 0 Å². The Morgan fingerprint density at radius 3 is 2.76 bits per heavy atom. The van der Waals surface area contributed by atoms with Crippen molar-refractivity contribution < 1.29 is 0 Å². The molecule has 2 aliphatic rings. The molecule has 4 heteroatoms. The van der Waals surface area contributed by atoms with Crippen LogP contribution in [0.4, 0.5) is 11.5 Å². The van der Waals surface area contributed by atoms with Crippen LogP contribution in [0.5, 0.6) is 0 Å². The molecule has 142 valence electrons. The first-order valence-electron chi connectivity index (χ1n) is 9.99. The van der Waals surface area contributed by atoms with Gasteiger partial charge in [0.1, 0.15) is 12.1 Å². The van der Waals surface area contributed by atoms with E-state index >= 15 is 0 Å². The van der Waals surface area contributed by atoms with Crippen LogP contribution < -0.4 is 4.90 Å². The van der Waals surface area contributed by atoms with Gasteiger partial charge in [-0.3, -0.25) is 9.89 Å². The van der Waals surface area contributed by atoms with Gasteiger partial charge in [0.05, 0.1) is 22.3 Å². The summed E-state index contributed by atoms with van der Waals surface area (Å²) in [7, 11) is 0. The van der Waals surface area contributed by atoms with Crippen LogP contribution in [-0.4, -0.2) is 22.7 Å². The number of rotatable bonds is 3. The maximum atomic E-state index is 4.71. The molecular formula is C25H22N4. The Morgan fingerprint density at radius 2 is 1.97 bits per heavy atom. The summed E-state index contributed by atoms with van der Waals surface area (Å²) in [6, 6.07) is 12.9. The normalized spacial score (nSPS) is 15.7. The van der Waals surface area contributed by atoms with Crippen molar-refractivity contribution in [3.63, 3.8) is 0 Å². The van der Waals surface area contributed by atoms with Crippen LogP contribution in [0, 0.1) is 0 Å². The van der Waals surface area contributed by atoms with E-state index in [0.29, 0.717) is 0 Å². The lowest BCUT2D eigenvalue weighted by molar-refractivity contribution is 0.972. The minimum Gasteiger partial charge on any atom is -0.293 e. The van der Waals surface area contributed by atoms with Gasteiger partial charge in [-0.25, -0.2) is 9.97 Å². The van der Waals surface area contributed by atoms with Gasteiger partial charge < -0.3 is 0 Å². The number of aliphatic imine (C=N–C) groups is 1. The first-order valence-corrected chi connectivity index (χ1v) is 9.99. The maximum Gasteiger partial charge on any atom is 0.149 e. The standard InChI is InChI=1S/C25H22N4/c1-3-8-17(4-2)18-13-21-20-10-5-6-11-23(20)29(19-9-7-12-26-15-19)25-24(21)22(14-18)27-16-28-25/h3-6,8-11,13-16H,7,12H2,1-2H3/b8-3-,17-4+. The predicted octanol–water partition coefficient (Wildman–Crippen LogP) is 6.09. The molecule has 0 spiro atoms. The largest absolute Gasteiger partial charge is 0.293 e. The third-order valence-electron chi connectivity index (χ3n) is 5.45. The van der Waals surface area contributed by atoms with Gasteiger partial charge in [-0.2, -0.15) is 0 Å². The summed E-state index contributed by atoms with van der Waals surface area (Å²) in [5, 5.41) is 1.09. The number of para-hydroxylation sites is 1. The van der Waals surface area contributed by atoms with Crippen molar-refractivity contribution >= 4 is 34.2 Å². The van der Waals surface area contributed by atoms with Gasteiger partial charge in [-0.1, -0.05) is 42.5 Å². The molecule has 0 saturated carbocycles. The molecule has 3 heterocycles. The molecule has 0 amide bonds. The van der Waals surface area contributed by atoms with Gasteiger partial charge >= 0.3 is 0 Å². The number of dihydropyridines is 1. The van der Waals surface area contributed by atoms with Crippen molar-refractivity contribution in [2.24, 2.45) is 4.99 Å². The third-order valence-corrected chi connectivity index (χ3v) is 5.45. The molecule has 0 saturated heterocycles. The Labute approximate surface area is 170 Å². The first-order chi connectivity index (χ1) is 14.3. The highest BCUT2D eigenvalue weighted by Gasteiger charge is 2.28. The zero-order chi connectivity index (χ0) is 19.8. The number of nitrogens with zero attached hydrogens (tertiary/aromatic N) is 4. The smallest absolute Gasteiger partial charge is 0.149 e. The fraction of sp³-hybridized carbons (Fsp3) is 0.160. The van der Waals surface area contributed by atoms with Crippen LogP contribution in [0.25, 0.3) is 27.6 Å². The van der Waals surface area contributed by atoms with Gasteiger partial charge in [-0.15, -0.1) is 0 Å². The number of fused-ring (bicyclic) bond motifs is 2. The summed E-state index contributed by atoms with van der Waals surface area (Å²) < 4.78 is 0. The highest BCUT2D eigenvalue weighted by molar-refractivity contribution is 6.13. The number of hydrogen-bond donors (Lipinski definition) is 0. The van der Waals surface area contributed by atoms with Crippen molar-refractivity contribution in [2.45, 2.75) is 20.3 Å². The van der Waals surface area contributed by atoms with Gasteiger partial charge in [0.15, 0.2) is 0 Å². The zero-order valence-electron chi connectivity index (χ0n) is 16.6. The van der Waals surface area contributed by atoms with Crippen LogP contribution >= 0.6 is 0 Å². The lowest BCUT2D eigenvalue weighted by Gasteiger charge is -2.33. The molecule has 29 heavy (non-hydrogen) atoms. The van der Waals surface area contributed by atoms with Crippen molar-refractivity contribution in [3.05, 3.63) is 78.3 Å². The number of aromatic nitrogens is 2. The van der Waals surface area contributed by atoms with E-state index in [0.717, 1.165) is 41.1 Å². The Kier molecular flexibility index (Phi) is 4.32. The van der Waals surface area contributed by atoms with E-state index in [1.54, 1.807) is 6.33 Å². The van der Waals surface area contributed by atoms with E-state index in [1.165, 1.54) is 22.3 Å². The molecule has 5 rings (SSSR count). The van der Waals surface area contributed by atoms with Gasteiger partial charge in [0.2, 0.25) is 0 Å². The molecule has 4 nitrogen and oxygen atoms in total. The molecule has 0 bridgehead atoms. The molecule has 0 unspecified atom stereocenters. The summed E-state index contributed by atoms with van der Waals surface area (Å²) in [6.07, 6.45) is 13.1. The van der Waals surface area contributed by atoms with E-state index in [-0.39, 0.29) is 0 Å². The van der Waals surface area contributed by atoms with Crippen molar-refractivity contribution in [1.29, 1.82) is 0 Å². The van der Waals surface area contributed by atoms with E-state index in [9.17, 15) is 0 Å². The number of anilines is 2. The highest BCUT2D eigenvalue weighted by Crippen LogP contribution is 2.48. The Hall–Kier alpha value is -3.53. The quantitative estimate of drug-likeness (QED) is 0.518. The molecule has 0 fully saturated rings. The van der Waals surface area contributed by atoms with Gasteiger partial charge in [0.25, 0.3) is 0 Å². The monoisotopic (exact) mass is 378 g/mol. The molecule has 2 aliphatic heterocycles. The average molecular weight is 378 g/mol. The number of benzene rings is 2. The van der Waals surface area contributed by atoms with Crippen molar-refractivity contribution in [2.75, 3.05) is 11.4 Å². The SMILES string of the molecule is C/C=C\C(=C/C)c1cc2c3c(ncnc3c1)N(C1=CCCN=C1)c1ccccc1-2. The first kappa shape index (κ1) is 17.6. The van der Waals surface area contributed by atoms with Gasteiger partial charge in [0, 0.05) is 18.3 Å². The van der Waals surface area contributed by atoms with Crippen LogP contribution in [0.3, 0.4) is 0 Å². The van der Waals surface area contributed by atoms with E-state index in [2.05, 4.69) is 82.5 Å². The Balaban J connectivity index is 1.84. The summed E-state index contributed by atoms with van der Waals surface area (Å²) >= 11 is 0. The minimum atomic E-state index is 0.842. The molecule has 2 aromatic carbocycles. The average Bonchev–Trinajstić information content (AvgIpc) is 2.78. The topological polar surface area (TPSA) is 41.4 Å². The third kappa shape index (κ3) is 2.80. The number of hydrogen-bond acceptors (Lipinski definition) is 4. The molecular weight excluding hydrogens is 356 g/mol. The van der Waals surface area contributed by atoms with Crippen LogP contribution in [-0.2, 0) is 0 Å². The van der Waals surface area contributed by atoms with Crippen LogP contribution in [0.15, 0.2) is 77.7 Å². The second-order valence-electron chi connectivity index (χ2n) is 7.16. The van der Waals surface area contributed by atoms with Crippen LogP contribution in [0.1, 0.15) is 25.8 Å². The van der Waals surface area contributed by atoms with E-state index in [4.69, 9.17) is 4.98 Å². The molecule has 0 radical (unpaired) electrons. The van der Waals surface area contributed by atoms with Crippen molar-refractivity contribution in [1.82, 2.24) is 9.97 Å². The van der Waals surface area contributed by atoms with Gasteiger partial charge in [-0.05, 0) is 55.2 Å². The predicted molar refractivity (Wildman–Crippen MR) is 122 cm³/mol. The highest BCUT2D eigenvalue weighted by atomic mass is 15.2. The second kappa shape index (κ2) is 7.13. The molecule has 1 aromatic heterocycles. The molecule has 0 N–H and O–H groups in total. The fourth-order valence-electron chi connectivity index (χ4n) is 4.18. The Bertz CT molecular complexity index is 1230. The van der Waals surface area contributed by atoms with E-state index in [1.807, 2.05) is 13.1 Å². The fourth-order valence-corrected chi connectivity index (χ4v) is 4.18. The minimum absolute atomic E-state index is 0.842. The van der Waals surface area contributed by atoms with Crippen LogP contribution in [0.2, 0.25) is 0 Å². The zero-order valence-corrected chi connectivity index (χ0v) is 16.6. The summed E-state index contributed by atoms with van der Waals surface area (Å²) in [6.45, 7) is 4.96.